The van der Waals surface area contributed by atoms with Crippen molar-refractivity contribution in [2.75, 3.05) is 0 Å². The zero-order valence-electron chi connectivity index (χ0n) is 39.9. The molecule has 4 aromatic rings. The number of ether oxygens (including phenoxy) is 3. The van der Waals surface area contributed by atoms with E-state index >= 15 is 0 Å². The summed E-state index contributed by atoms with van der Waals surface area (Å²) in [7, 11) is -2.25. The normalized spacial score (nSPS) is 13.4. The standard InChI is InChI=1S/C50H67N5O10Si/c1-11-66(12-2,13-3)46-38(29-41(47(58)65-50(8,9)10)53-49(60)64-31-35-22-18-15-19-23-35)37-25-24-36(27-39(37)52-46)28-42(55(61)62)45(57)51-40(26-32(4)5)44(56)54-43(33(6)7)48(59)63-30-34-20-16-14-17-21-34/h14-25,27-28,32-33,40-41,43,52H,11-13,26,29-31H2,1-10H3,(H,51,57)(H,53,60)(H,54,56)/b42-28+/t40-,41-,43-/m0/s1. The maximum Gasteiger partial charge on any atom is 0.408 e. The van der Waals surface area contributed by atoms with Crippen molar-refractivity contribution >= 4 is 60.2 Å². The zero-order valence-corrected chi connectivity index (χ0v) is 40.9. The van der Waals surface area contributed by atoms with Gasteiger partial charge in [0, 0.05) is 28.7 Å². The molecule has 15 nitrogen and oxygen atoms in total. The lowest BCUT2D eigenvalue weighted by atomic mass is 10.00. The van der Waals surface area contributed by atoms with E-state index in [0.29, 0.717) is 11.1 Å². The van der Waals surface area contributed by atoms with Crippen LogP contribution in [-0.2, 0) is 53.0 Å². The van der Waals surface area contributed by atoms with E-state index in [0.717, 1.165) is 51.6 Å². The van der Waals surface area contributed by atoms with Gasteiger partial charge in [-0.25, -0.2) is 14.4 Å². The molecule has 4 rings (SSSR count). The van der Waals surface area contributed by atoms with Crippen LogP contribution in [0.4, 0.5) is 4.79 Å². The van der Waals surface area contributed by atoms with Crippen LogP contribution >= 0.6 is 0 Å². The molecule has 4 N–H and O–H groups in total. The number of hydrogen-bond acceptors (Lipinski definition) is 10. The number of nitrogens with one attached hydrogen (secondary N) is 4. The highest BCUT2D eigenvalue weighted by atomic mass is 28.3. The summed E-state index contributed by atoms with van der Waals surface area (Å²) in [5.41, 5.74) is 1.67. The van der Waals surface area contributed by atoms with E-state index in [1.54, 1.807) is 52.8 Å². The fourth-order valence-electron chi connectivity index (χ4n) is 7.85. The molecule has 3 aromatic carbocycles. The van der Waals surface area contributed by atoms with Crippen LogP contribution in [0.1, 0.15) is 97.9 Å². The molecule has 356 valence electrons. The summed E-state index contributed by atoms with van der Waals surface area (Å²) >= 11 is 0. The molecular weight excluding hydrogens is 859 g/mol. The summed E-state index contributed by atoms with van der Waals surface area (Å²) in [5, 5.41) is 22.3. The monoisotopic (exact) mass is 925 g/mol. The van der Waals surface area contributed by atoms with E-state index < -0.39 is 72.3 Å². The number of nitrogens with zero attached hydrogens (tertiary/aromatic N) is 1. The van der Waals surface area contributed by atoms with Crippen molar-refractivity contribution < 1.29 is 43.1 Å². The Kier molecular flexibility index (Phi) is 18.8. The Balaban J connectivity index is 1.67. The molecule has 16 heteroatoms. The molecule has 3 amide bonds. The van der Waals surface area contributed by atoms with Crippen molar-refractivity contribution in [1.82, 2.24) is 20.9 Å². The Bertz CT molecular complexity index is 2330. The number of benzene rings is 3. The molecule has 0 radical (unpaired) electrons. The average molecular weight is 926 g/mol. The third kappa shape index (κ3) is 14.6. The van der Waals surface area contributed by atoms with E-state index in [-0.39, 0.29) is 37.9 Å². The molecule has 0 aliphatic heterocycles. The summed E-state index contributed by atoms with van der Waals surface area (Å²) in [6.07, 6.45) is 0.565. The third-order valence-electron chi connectivity index (χ3n) is 11.6. The van der Waals surface area contributed by atoms with Crippen LogP contribution < -0.4 is 21.3 Å². The number of alkyl carbamates (subject to hydrolysis) is 1. The Morgan fingerprint density at radius 3 is 1.86 bits per heavy atom. The lowest BCUT2D eigenvalue weighted by molar-refractivity contribution is -0.417. The fraction of sp³-hybridized carbons (Fsp3) is 0.460. The van der Waals surface area contributed by atoms with Gasteiger partial charge in [-0.1, -0.05) is 139 Å². The van der Waals surface area contributed by atoms with Gasteiger partial charge >= 0.3 is 29.6 Å². The van der Waals surface area contributed by atoms with E-state index in [1.165, 1.54) is 0 Å². The molecule has 0 spiro atoms. The molecule has 0 saturated carbocycles. The maximum absolute atomic E-state index is 13.8. The van der Waals surface area contributed by atoms with E-state index in [1.807, 2.05) is 74.5 Å². The van der Waals surface area contributed by atoms with Crippen LogP contribution in [0.5, 0.6) is 0 Å². The fourth-order valence-corrected chi connectivity index (χ4v) is 11.7. The van der Waals surface area contributed by atoms with Crippen LogP contribution in [-0.4, -0.2) is 71.6 Å². The summed E-state index contributed by atoms with van der Waals surface area (Å²) in [6.45, 7) is 18.9. The molecule has 66 heavy (non-hydrogen) atoms. The smallest absolute Gasteiger partial charge is 0.408 e. The molecule has 0 aliphatic carbocycles. The van der Waals surface area contributed by atoms with Crippen molar-refractivity contribution in [3.05, 3.63) is 117 Å². The topological polar surface area (TPSA) is 208 Å². The Morgan fingerprint density at radius 2 is 1.35 bits per heavy atom. The molecule has 3 atom stereocenters. The molecule has 1 heterocycles. The number of nitro groups is 1. The number of hydrogen-bond donors (Lipinski definition) is 4. The Labute approximate surface area is 389 Å². The van der Waals surface area contributed by atoms with Gasteiger partial charge in [-0.3, -0.25) is 19.7 Å². The number of H-pyrrole nitrogens is 1. The minimum atomic E-state index is -2.25. The number of carbonyl (C=O) groups is 5. The predicted molar refractivity (Wildman–Crippen MR) is 258 cm³/mol. The van der Waals surface area contributed by atoms with Crippen molar-refractivity contribution in [1.29, 1.82) is 0 Å². The highest BCUT2D eigenvalue weighted by Crippen LogP contribution is 2.29. The van der Waals surface area contributed by atoms with Gasteiger partial charge in [0.1, 0.15) is 45.0 Å². The van der Waals surface area contributed by atoms with Gasteiger partial charge in [-0.2, -0.15) is 0 Å². The minimum absolute atomic E-state index is 0.000218. The summed E-state index contributed by atoms with van der Waals surface area (Å²) in [5.74, 6) is -3.52. The van der Waals surface area contributed by atoms with Gasteiger partial charge in [0.25, 0.3) is 0 Å². The molecule has 0 unspecified atom stereocenters. The molecule has 0 bridgehead atoms. The number of fused-ring (bicyclic) bond motifs is 1. The van der Waals surface area contributed by atoms with E-state index in [2.05, 4.69) is 41.7 Å². The Morgan fingerprint density at radius 1 is 0.773 bits per heavy atom. The van der Waals surface area contributed by atoms with Crippen LogP contribution in [0.25, 0.3) is 17.0 Å². The number of esters is 2. The van der Waals surface area contributed by atoms with Gasteiger partial charge in [-0.15, -0.1) is 0 Å². The number of carbonyl (C=O) groups excluding carboxylic acids is 5. The summed E-state index contributed by atoms with van der Waals surface area (Å²) < 4.78 is 16.8. The molecule has 0 saturated heterocycles. The predicted octanol–water partition coefficient (Wildman–Crippen LogP) is 8.10. The third-order valence-corrected chi connectivity index (χ3v) is 17.1. The molecule has 1 aromatic heterocycles. The minimum Gasteiger partial charge on any atom is -0.459 e. The molecule has 0 fully saturated rings. The first-order valence-electron chi connectivity index (χ1n) is 22.7. The van der Waals surface area contributed by atoms with Crippen LogP contribution in [0, 0.1) is 22.0 Å². The summed E-state index contributed by atoms with van der Waals surface area (Å²) in [4.78, 5) is 83.1. The van der Waals surface area contributed by atoms with Gasteiger partial charge < -0.3 is 35.1 Å². The molecular formula is C50H67N5O10Si. The second kappa shape index (κ2) is 23.8. The number of aromatic nitrogens is 1. The van der Waals surface area contributed by atoms with Crippen molar-refractivity contribution in [2.45, 2.75) is 137 Å². The second-order valence-electron chi connectivity index (χ2n) is 18.4. The van der Waals surface area contributed by atoms with Crippen molar-refractivity contribution in [2.24, 2.45) is 11.8 Å². The summed E-state index contributed by atoms with van der Waals surface area (Å²) in [6, 6.07) is 22.7. The number of amides is 3. The Hall–Kier alpha value is -6.29. The van der Waals surface area contributed by atoms with E-state index in [4.69, 9.17) is 14.2 Å². The lowest BCUT2D eigenvalue weighted by Gasteiger charge is -2.30. The van der Waals surface area contributed by atoms with Crippen LogP contribution in [0.2, 0.25) is 18.1 Å². The van der Waals surface area contributed by atoms with E-state index in [9.17, 15) is 34.1 Å². The van der Waals surface area contributed by atoms with Gasteiger partial charge in [0.05, 0.1) is 4.92 Å². The number of rotatable bonds is 22. The molecule has 0 aliphatic rings. The van der Waals surface area contributed by atoms with Gasteiger partial charge in [0.2, 0.25) is 5.91 Å². The quantitative estimate of drug-likeness (QED) is 0.0149. The highest BCUT2D eigenvalue weighted by Gasteiger charge is 2.37. The SMILES string of the molecule is CC[Si](CC)(CC)c1[nH]c2cc(/C=C(\C(=O)N[C@@H](CC(C)C)C(=O)N[C@H](C(=O)OCc3ccccc3)C(C)C)[N+](=O)[O-])ccc2c1C[C@H](NC(=O)OCc1ccccc1)C(=O)OC(C)(C)C. The first-order valence-corrected chi connectivity index (χ1v) is 25.4. The van der Waals surface area contributed by atoms with Crippen LogP contribution in [0.15, 0.2) is 84.6 Å². The average Bonchev–Trinajstić information content (AvgIpc) is 3.63. The van der Waals surface area contributed by atoms with Crippen molar-refractivity contribution in [3.63, 3.8) is 0 Å². The first-order chi connectivity index (χ1) is 31.2. The zero-order chi connectivity index (χ0) is 48.8. The lowest BCUT2D eigenvalue weighted by Crippen LogP contribution is -2.54. The van der Waals surface area contributed by atoms with Gasteiger partial charge in [-0.05, 0) is 67.3 Å². The largest absolute Gasteiger partial charge is 0.459 e. The van der Waals surface area contributed by atoms with Gasteiger partial charge in [0.15, 0.2) is 0 Å². The van der Waals surface area contributed by atoms with Crippen LogP contribution in [0.3, 0.4) is 0 Å². The van der Waals surface area contributed by atoms with Crippen molar-refractivity contribution in [3.8, 4) is 0 Å². The highest BCUT2D eigenvalue weighted by molar-refractivity contribution is 6.91. The maximum atomic E-state index is 13.8. The first kappa shape index (κ1) is 52.3. The second-order valence-corrected chi connectivity index (χ2v) is 23.6. The number of aromatic amines is 1.